The number of carbonyl (C=O) groups excluding carboxylic acids is 1. The summed E-state index contributed by atoms with van der Waals surface area (Å²) in [4.78, 5) is 15.4. The van der Waals surface area contributed by atoms with E-state index in [9.17, 15) is 4.79 Å². The van der Waals surface area contributed by atoms with Crippen LogP contribution in [0.15, 0.2) is 42.6 Å². The van der Waals surface area contributed by atoms with Crippen LogP contribution in [0.25, 0.3) is 0 Å². The molecule has 0 bridgehead atoms. The van der Waals surface area contributed by atoms with E-state index in [1.54, 1.807) is 12.1 Å². The minimum atomic E-state index is -0.426. The molecule has 0 aliphatic rings. The van der Waals surface area contributed by atoms with E-state index in [0.29, 0.717) is 16.5 Å². The number of halogens is 1. The minimum absolute atomic E-state index is 0.289. The highest BCUT2D eigenvalue weighted by Gasteiger charge is 2.07. The van der Waals surface area contributed by atoms with Crippen LogP contribution in [0.3, 0.4) is 0 Å². The first-order valence-corrected chi connectivity index (χ1v) is 5.99. The van der Waals surface area contributed by atoms with Crippen molar-refractivity contribution >= 4 is 17.6 Å². The van der Waals surface area contributed by atoms with E-state index in [1.807, 2.05) is 18.2 Å². The molecule has 0 fully saturated rings. The summed E-state index contributed by atoms with van der Waals surface area (Å²) in [5.74, 6) is -0.0761. The Balaban J connectivity index is 2.08. The number of hydrogen-bond donors (Lipinski definition) is 0. The molecule has 2 rings (SSSR count). The summed E-state index contributed by atoms with van der Waals surface area (Å²) in [6, 6.07) is 10.5. The normalized spacial score (nSPS) is 10.0. The standard InChI is InChI=1S/C14H12ClNO3/c1-18-14(17)10-6-7-16-13(8-10)19-9-11-4-2-3-5-12(11)15/h2-8H,9H2,1H3. The molecule has 1 heterocycles. The second-order valence-corrected chi connectivity index (χ2v) is 4.16. The van der Waals surface area contributed by atoms with Gasteiger partial charge >= 0.3 is 5.97 Å². The van der Waals surface area contributed by atoms with Crippen molar-refractivity contribution in [1.29, 1.82) is 0 Å². The molecule has 0 aliphatic carbocycles. The van der Waals surface area contributed by atoms with E-state index in [-0.39, 0.29) is 6.61 Å². The van der Waals surface area contributed by atoms with Crippen LogP contribution >= 0.6 is 11.6 Å². The Labute approximate surface area is 115 Å². The summed E-state index contributed by atoms with van der Waals surface area (Å²) in [5, 5.41) is 0.631. The van der Waals surface area contributed by atoms with Crippen LogP contribution in [0.5, 0.6) is 5.88 Å². The van der Waals surface area contributed by atoms with Crippen LogP contribution < -0.4 is 4.74 Å². The molecular weight excluding hydrogens is 266 g/mol. The van der Waals surface area contributed by atoms with E-state index < -0.39 is 5.97 Å². The Hall–Kier alpha value is -2.07. The second kappa shape index (κ2) is 6.20. The SMILES string of the molecule is COC(=O)c1ccnc(OCc2ccccc2Cl)c1. The summed E-state index contributed by atoms with van der Waals surface area (Å²) in [5.41, 5.74) is 1.25. The molecule has 2 aromatic rings. The number of benzene rings is 1. The highest BCUT2D eigenvalue weighted by molar-refractivity contribution is 6.31. The fourth-order valence-corrected chi connectivity index (χ4v) is 1.69. The van der Waals surface area contributed by atoms with Gasteiger partial charge in [0.25, 0.3) is 0 Å². The summed E-state index contributed by atoms with van der Waals surface area (Å²) in [7, 11) is 1.33. The van der Waals surface area contributed by atoms with Crippen molar-refractivity contribution in [2.45, 2.75) is 6.61 Å². The number of rotatable bonds is 4. The first-order valence-electron chi connectivity index (χ1n) is 5.61. The molecule has 0 radical (unpaired) electrons. The number of pyridine rings is 1. The first kappa shape index (κ1) is 13.4. The van der Waals surface area contributed by atoms with Crippen molar-refractivity contribution in [3.8, 4) is 5.88 Å². The lowest BCUT2D eigenvalue weighted by atomic mass is 10.2. The predicted molar refractivity (Wildman–Crippen MR) is 71.4 cm³/mol. The van der Waals surface area contributed by atoms with Crippen molar-refractivity contribution in [3.63, 3.8) is 0 Å². The molecule has 5 heteroatoms. The molecule has 0 N–H and O–H groups in total. The number of nitrogens with zero attached hydrogens (tertiary/aromatic N) is 1. The van der Waals surface area contributed by atoms with Gasteiger partial charge < -0.3 is 9.47 Å². The topological polar surface area (TPSA) is 48.4 Å². The van der Waals surface area contributed by atoms with E-state index in [1.165, 1.54) is 19.4 Å². The summed E-state index contributed by atoms with van der Waals surface area (Å²) >= 11 is 6.02. The first-order chi connectivity index (χ1) is 9.20. The van der Waals surface area contributed by atoms with Gasteiger partial charge in [0.2, 0.25) is 5.88 Å². The summed E-state index contributed by atoms with van der Waals surface area (Å²) < 4.78 is 10.1. The van der Waals surface area contributed by atoms with Gasteiger partial charge in [-0.15, -0.1) is 0 Å². The van der Waals surface area contributed by atoms with Crippen LogP contribution in [0.4, 0.5) is 0 Å². The van der Waals surface area contributed by atoms with Gasteiger partial charge in [-0.05, 0) is 12.1 Å². The van der Waals surface area contributed by atoms with E-state index in [2.05, 4.69) is 9.72 Å². The third kappa shape index (κ3) is 3.45. The maximum atomic E-state index is 11.4. The van der Waals surface area contributed by atoms with Crippen LogP contribution in [-0.4, -0.2) is 18.1 Å². The third-order valence-electron chi connectivity index (χ3n) is 2.49. The fraction of sp³-hybridized carbons (Fsp3) is 0.143. The van der Waals surface area contributed by atoms with E-state index >= 15 is 0 Å². The van der Waals surface area contributed by atoms with Gasteiger partial charge in [-0.25, -0.2) is 9.78 Å². The molecular formula is C14H12ClNO3. The van der Waals surface area contributed by atoms with Crippen molar-refractivity contribution in [2.75, 3.05) is 7.11 Å². The second-order valence-electron chi connectivity index (χ2n) is 3.75. The Morgan fingerprint density at radius 3 is 2.84 bits per heavy atom. The van der Waals surface area contributed by atoms with Crippen molar-refractivity contribution in [3.05, 3.63) is 58.7 Å². The largest absolute Gasteiger partial charge is 0.473 e. The van der Waals surface area contributed by atoms with Gasteiger partial charge in [0, 0.05) is 22.8 Å². The quantitative estimate of drug-likeness (QED) is 0.806. The third-order valence-corrected chi connectivity index (χ3v) is 2.86. The molecule has 0 atom stereocenters. The van der Waals surface area contributed by atoms with Gasteiger partial charge in [0.1, 0.15) is 6.61 Å². The smallest absolute Gasteiger partial charge is 0.338 e. The monoisotopic (exact) mass is 277 g/mol. The highest BCUT2D eigenvalue weighted by Crippen LogP contribution is 2.18. The van der Waals surface area contributed by atoms with Crippen LogP contribution in [0, 0.1) is 0 Å². The molecule has 19 heavy (non-hydrogen) atoms. The number of methoxy groups -OCH3 is 1. The van der Waals surface area contributed by atoms with Gasteiger partial charge in [0.05, 0.1) is 12.7 Å². The Bertz CT molecular complexity index is 586. The molecule has 0 saturated heterocycles. The lowest BCUT2D eigenvalue weighted by Gasteiger charge is -2.07. The Morgan fingerprint density at radius 1 is 1.32 bits per heavy atom. The molecule has 0 aliphatic heterocycles. The predicted octanol–water partition coefficient (Wildman–Crippen LogP) is 3.10. The van der Waals surface area contributed by atoms with Crippen molar-refractivity contribution in [1.82, 2.24) is 4.98 Å². The average molecular weight is 278 g/mol. The van der Waals surface area contributed by atoms with Gasteiger partial charge in [-0.2, -0.15) is 0 Å². The van der Waals surface area contributed by atoms with Crippen LogP contribution in [0.1, 0.15) is 15.9 Å². The van der Waals surface area contributed by atoms with Crippen LogP contribution in [-0.2, 0) is 11.3 Å². The summed E-state index contributed by atoms with van der Waals surface area (Å²) in [6.45, 7) is 0.289. The molecule has 0 amide bonds. The van der Waals surface area contributed by atoms with Crippen molar-refractivity contribution in [2.24, 2.45) is 0 Å². The zero-order valence-corrected chi connectivity index (χ0v) is 11.1. The lowest BCUT2D eigenvalue weighted by Crippen LogP contribution is -2.03. The number of carbonyl (C=O) groups is 1. The maximum Gasteiger partial charge on any atom is 0.338 e. The average Bonchev–Trinajstić information content (AvgIpc) is 2.46. The Morgan fingerprint density at radius 2 is 2.11 bits per heavy atom. The molecule has 4 nitrogen and oxygen atoms in total. The Kier molecular flexibility index (Phi) is 4.36. The molecule has 1 aromatic carbocycles. The fourth-order valence-electron chi connectivity index (χ4n) is 1.50. The number of hydrogen-bond acceptors (Lipinski definition) is 4. The zero-order chi connectivity index (χ0) is 13.7. The number of esters is 1. The molecule has 1 aromatic heterocycles. The zero-order valence-electron chi connectivity index (χ0n) is 10.3. The molecule has 98 valence electrons. The lowest BCUT2D eigenvalue weighted by molar-refractivity contribution is 0.0600. The summed E-state index contributed by atoms with van der Waals surface area (Å²) in [6.07, 6.45) is 1.49. The number of aromatic nitrogens is 1. The van der Waals surface area contributed by atoms with Gasteiger partial charge in [-0.3, -0.25) is 0 Å². The highest BCUT2D eigenvalue weighted by atomic mass is 35.5. The minimum Gasteiger partial charge on any atom is -0.473 e. The van der Waals surface area contributed by atoms with Crippen molar-refractivity contribution < 1.29 is 14.3 Å². The van der Waals surface area contributed by atoms with E-state index in [4.69, 9.17) is 16.3 Å². The molecule has 0 unspecified atom stereocenters. The van der Waals surface area contributed by atoms with Crippen LogP contribution in [0.2, 0.25) is 5.02 Å². The number of ether oxygens (including phenoxy) is 2. The maximum absolute atomic E-state index is 11.4. The van der Waals surface area contributed by atoms with E-state index in [0.717, 1.165) is 5.56 Å². The molecule has 0 spiro atoms. The van der Waals surface area contributed by atoms with Gasteiger partial charge in [0.15, 0.2) is 0 Å². The molecule has 0 saturated carbocycles. The van der Waals surface area contributed by atoms with Gasteiger partial charge in [-0.1, -0.05) is 29.8 Å².